The molecule has 0 bridgehead atoms. The zero-order valence-electron chi connectivity index (χ0n) is 12.6. The van der Waals surface area contributed by atoms with Crippen molar-refractivity contribution in [1.29, 1.82) is 0 Å². The highest BCUT2D eigenvalue weighted by molar-refractivity contribution is 7.99. The molecule has 1 aliphatic heterocycles. The Morgan fingerprint density at radius 2 is 2.23 bits per heavy atom. The molecule has 1 aliphatic rings. The van der Waals surface area contributed by atoms with Gasteiger partial charge in [0.25, 0.3) is 0 Å². The summed E-state index contributed by atoms with van der Waals surface area (Å²) >= 11 is 1.88. The maximum absolute atomic E-state index is 12.1. The Morgan fingerprint density at radius 3 is 2.95 bits per heavy atom. The summed E-state index contributed by atoms with van der Waals surface area (Å²) in [5.74, 6) is 2.84. The van der Waals surface area contributed by atoms with Crippen LogP contribution in [-0.2, 0) is 6.54 Å². The summed E-state index contributed by atoms with van der Waals surface area (Å²) in [5, 5.41) is 10.4. The SMILES string of the molecule is Cc1cc(NC(=O)N[C@@H]2CCSC2)n(Cc2ccccc2)n1. The van der Waals surface area contributed by atoms with Crippen molar-refractivity contribution in [3.63, 3.8) is 0 Å². The van der Waals surface area contributed by atoms with E-state index in [0.717, 1.165) is 35.0 Å². The van der Waals surface area contributed by atoms with Crippen molar-refractivity contribution in [2.75, 3.05) is 16.8 Å². The molecule has 2 amide bonds. The zero-order valence-corrected chi connectivity index (χ0v) is 13.4. The molecule has 1 saturated heterocycles. The second kappa shape index (κ2) is 6.87. The van der Waals surface area contributed by atoms with Gasteiger partial charge in [0.2, 0.25) is 0 Å². The van der Waals surface area contributed by atoms with Gasteiger partial charge in [-0.1, -0.05) is 30.3 Å². The van der Waals surface area contributed by atoms with Crippen LogP contribution in [0.4, 0.5) is 10.6 Å². The van der Waals surface area contributed by atoms with Crippen LogP contribution in [0, 0.1) is 6.92 Å². The zero-order chi connectivity index (χ0) is 15.4. The van der Waals surface area contributed by atoms with Crippen LogP contribution in [0.5, 0.6) is 0 Å². The highest BCUT2D eigenvalue weighted by atomic mass is 32.2. The van der Waals surface area contributed by atoms with Gasteiger partial charge in [-0.15, -0.1) is 0 Å². The number of benzene rings is 1. The molecule has 6 heteroatoms. The average molecular weight is 316 g/mol. The van der Waals surface area contributed by atoms with Crippen molar-refractivity contribution in [3.8, 4) is 0 Å². The van der Waals surface area contributed by atoms with E-state index in [2.05, 4.69) is 27.9 Å². The first-order valence-electron chi connectivity index (χ1n) is 7.44. The lowest BCUT2D eigenvalue weighted by molar-refractivity contribution is 0.249. The van der Waals surface area contributed by atoms with E-state index in [-0.39, 0.29) is 12.1 Å². The van der Waals surface area contributed by atoms with Gasteiger partial charge in [-0.2, -0.15) is 16.9 Å². The smallest absolute Gasteiger partial charge is 0.320 e. The minimum atomic E-state index is -0.151. The van der Waals surface area contributed by atoms with Crippen LogP contribution in [-0.4, -0.2) is 33.4 Å². The summed E-state index contributed by atoms with van der Waals surface area (Å²) in [6.07, 6.45) is 1.04. The number of anilines is 1. The number of aromatic nitrogens is 2. The standard InChI is InChI=1S/C16H20N4OS/c1-12-9-15(18-16(21)17-14-7-8-22-11-14)20(19-12)10-13-5-3-2-4-6-13/h2-6,9,14H,7-8,10-11H2,1H3,(H2,17,18,21)/t14-/m1/s1. The molecule has 0 unspecified atom stereocenters. The predicted molar refractivity (Wildman–Crippen MR) is 90.4 cm³/mol. The minimum absolute atomic E-state index is 0.151. The van der Waals surface area contributed by atoms with E-state index in [1.165, 1.54) is 0 Å². The first-order valence-corrected chi connectivity index (χ1v) is 8.60. The van der Waals surface area contributed by atoms with Crippen LogP contribution in [0.3, 0.4) is 0 Å². The van der Waals surface area contributed by atoms with Gasteiger partial charge < -0.3 is 5.32 Å². The molecular formula is C16H20N4OS. The Bertz CT molecular complexity index is 635. The molecule has 0 saturated carbocycles. The van der Waals surface area contributed by atoms with Gasteiger partial charge in [0.1, 0.15) is 5.82 Å². The number of carbonyl (C=O) groups excluding carboxylic acids is 1. The van der Waals surface area contributed by atoms with Crippen molar-refractivity contribution in [1.82, 2.24) is 15.1 Å². The molecule has 0 spiro atoms. The molecule has 3 rings (SSSR count). The van der Waals surface area contributed by atoms with Crippen LogP contribution < -0.4 is 10.6 Å². The van der Waals surface area contributed by atoms with E-state index in [1.807, 2.05) is 47.6 Å². The largest absolute Gasteiger partial charge is 0.334 e. The number of nitrogens with one attached hydrogen (secondary N) is 2. The number of urea groups is 1. The summed E-state index contributed by atoms with van der Waals surface area (Å²) in [6, 6.07) is 12.1. The maximum atomic E-state index is 12.1. The molecule has 1 aromatic heterocycles. The average Bonchev–Trinajstić information content (AvgIpc) is 3.10. The van der Waals surface area contributed by atoms with E-state index in [9.17, 15) is 4.79 Å². The summed E-state index contributed by atoms with van der Waals surface area (Å²) in [6.45, 7) is 2.57. The molecule has 1 atom stereocenters. The van der Waals surface area contributed by atoms with Crippen molar-refractivity contribution < 1.29 is 4.79 Å². The minimum Gasteiger partial charge on any atom is -0.334 e. The lowest BCUT2D eigenvalue weighted by atomic mass is 10.2. The number of rotatable bonds is 4. The second-order valence-corrected chi connectivity index (χ2v) is 6.62. The predicted octanol–water partition coefficient (Wildman–Crippen LogP) is 2.87. The van der Waals surface area contributed by atoms with Crippen molar-refractivity contribution in [2.24, 2.45) is 0 Å². The fourth-order valence-electron chi connectivity index (χ4n) is 2.51. The van der Waals surface area contributed by atoms with E-state index < -0.39 is 0 Å². The van der Waals surface area contributed by atoms with E-state index >= 15 is 0 Å². The molecule has 5 nitrogen and oxygen atoms in total. The summed E-state index contributed by atoms with van der Waals surface area (Å²) in [7, 11) is 0. The fraction of sp³-hybridized carbons (Fsp3) is 0.375. The van der Waals surface area contributed by atoms with Gasteiger partial charge in [0, 0.05) is 17.9 Å². The molecule has 2 N–H and O–H groups in total. The van der Waals surface area contributed by atoms with Crippen LogP contribution in [0.2, 0.25) is 0 Å². The first-order chi connectivity index (χ1) is 10.7. The molecule has 0 aliphatic carbocycles. The quantitative estimate of drug-likeness (QED) is 0.912. The lowest BCUT2D eigenvalue weighted by Gasteiger charge is -2.13. The Labute approximate surface area is 134 Å². The third-order valence-corrected chi connectivity index (χ3v) is 4.75. The number of aryl methyl sites for hydroxylation is 1. The van der Waals surface area contributed by atoms with Crippen LogP contribution >= 0.6 is 11.8 Å². The second-order valence-electron chi connectivity index (χ2n) is 5.47. The number of amides is 2. The Kier molecular flexibility index (Phi) is 4.68. The number of hydrogen-bond acceptors (Lipinski definition) is 3. The Balaban J connectivity index is 1.66. The normalized spacial score (nSPS) is 17.4. The van der Waals surface area contributed by atoms with Crippen molar-refractivity contribution >= 4 is 23.6 Å². The van der Waals surface area contributed by atoms with Gasteiger partial charge >= 0.3 is 6.03 Å². The maximum Gasteiger partial charge on any atom is 0.320 e. The van der Waals surface area contributed by atoms with E-state index in [4.69, 9.17) is 0 Å². The first kappa shape index (κ1) is 15.0. The molecule has 2 aromatic rings. The van der Waals surface area contributed by atoms with Crippen molar-refractivity contribution in [3.05, 3.63) is 47.7 Å². The third-order valence-electron chi connectivity index (χ3n) is 3.58. The topological polar surface area (TPSA) is 59.0 Å². The van der Waals surface area contributed by atoms with Crippen LogP contribution in [0.1, 0.15) is 17.7 Å². The van der Waals surface area contributed by atoms with Crippen LogP contribution in [0.25, 0.3) is 0 Å². The van der Waals surface area contributed by atoms with Crippen molar-refractivity contribution in [2.45, 2.75) is 25.9 Å². The molecule has 0 radical (unpaired) electrons. The number of carbonyl (C=O) groups is 1. The van der Waals surface area contributed by atoms with Gasteiger partial charge in [-0.25, -0.2) is 9.48 Å². The highest BCUT2D eigenvalue weighted by Gasteiger charge is 2.18. The number of nitrogens with zero attached hydrogens (tertiary/aromatic N) is 2. The molecule has 1 aromatic carbocycles. The fourth-order valence-corrected chi connectivity index (χ4v) is 3.66. The number of thioether (sulfide) groups is 1. The van der Waals surface area contributed by atoms with E-state index in [1.54, 1.807) is 0 Å². The van der Waals surface area contributed by atoms with Gasteiger partial charge in [-0.05, 0) is 24.7 Å². The van der Waals surface area contributed by atoms with Gasteiger partial charge in [0.05, 0.1) is 12.2 Å². The highest BCUT2D eigenvalue weighted by Crippen LogP contribution is 2.17. The third kappa shape index (κ3) is 3.82. The lowest BCUT2D eigenvalue weighted by Crippen LogP contribution is -2.38. The molecule has 2 heterocycles. The molecule has 1 fully saturated rings. The Hall–Kier alpha value is -1.95. The molecule has 116 valence electrons. The summed E-state index contributed by atoms with van der Waals surface area (Å²) in [5.41, 5.74) is 2.05. The van der Waals surface area contributed by atoms with Crippen LogP contribution in [0.15, 0.2) is 36.4 Å². The summed E-state index contributed by atoms with van der Waals surface area (Å²) < 4.78 is 1.83. The summed E-state index contributed by atoms with van der Waals surface area (Å²) in [4.78, 5) is 12.1. The molecular weight excluding hydrogens is 296 g/mol. The number of hydrogen-bond donors (Lipinski definition) is 2. The molecule has 22 heavy (non-hydrogen) atoms. The van der Waals surface area contributed by atoms with E-state index in [0.29, 0.717) is 6.54 Å². The Morgan fingerprint density at radius 1 is 1.41 bits per heavy atom. The van der Waals surface area contributed by atoms with Gasteiger partial charge in [-0.3, -0.25) is 5.32 Å². The van der Waals surface area contributed by atoms with Gasteiger partial charge in [0.15, 0.2) is 0 Å². The monoisotopic (exact) mass is 316 g/mol.